The first-order valence-electron chi connectivity index (χ1n) is 8.80. The van der Waals surface area contributed by atoms with Gasteiger partial charge >= 0.3 is 0 Å². The van der Waals surface area contributed by atoms with Crippen molar-refractivity contribution in [3.63, 3.8) is 0 Å². The average Bonchev–Trinajstić information content (AvgIpc) is 3.10. The minimum Gasteiger partial charge on any atom is -0.356 e. The van der Waals surface area contributed by atoms with Crippen molar-refractivity contribution < 1.29 is 0 Å². The fraction of sp³-hybridized carbons (Fsp3) is 0.474. The number of para-hydroxylation sites is 1. The Morgan fingerprint density at radius 3 is 2.58 bits per heavy atom. The molecule has 0 unspecified atom stereocenters. The van der Waals surface area contributed by atoms with Crippen molar-refractivity contribution in [1.29, 1.82) is 0 Å². The average molecular weight is 327 g/mol. The van der Waals surface area contributed by atoms with Crippen molar-refractivity contribution >= 4 is 5.96 Å². The van der Waals surface area contributed by atoms with Crippen LogP contribution in [0.2, 0.25) is 0 Å². The maximum Gasteiger partial charge on any atom is 0.190 e. The van der Waals surface area contributed by atoms with Crippen molar-refractivity contribution in [1.82, 2.24) is 20.4 Å². The van der Waals surface area contributed by atoms with E-state index < -0.39 is 0 Å². The normalized spacial score (nSPS) is 11.8. The van der Waals surface area contributed by atoms with Crippen LogP contribution in [0, 0.1) is 5.92 Å². The Balaban J connectivity index is 1.78. The summed E-state index contributed by atoms with van der Waals surface area (Å²) in [5.41, 5.74) is 2.29. The lowest BCUT2D eigenvalue weighted by atomic mass is 10.0. The predicted octanol–water partition coefficient (Wildman–Crippen LogP) is 3.02. The van der Waals surface area contributed by atoms with Gasteiger partial charge in [-0.3, -0.25) is 4.99 Å². The SMILES string of the molecule is CCC(CC)CNC(=NC)NCCc1cnn(-c2ccccc2)c1. The second kappa shape index (κ2) is 9.75. The van der Waals surface area contributed by atoms with E-state index in [-0.39, 0.29) is 0 Å². The molecule has 0 aliphatic carbocycles. The first-order valence-corrected chi connectivity index (χ1v) is 8.80. The van der Waals surface area contributed by atoms with Gasteiger partial charge in [0.2, 0.25) is 0 Å². The van der Waals surface area contributed by atoms with Crippen molar-refractivity contribution in [2.75, 3.05) is 20.1 Å². The number of aromatic nitrogens is 2. The standard InChI is InChI=1S/C19H29N5/c1-4-16(5-2)13-22-19(20-3)21-12-11-17-14-23-24(15-17)18-9-7-6-8-10-18/h6-10,14-16H,4-5,11-13H2,1-3H3,(H2,20,21,22). The molecule has 1 aromatic heterocycles. The number of rotatable bonds is 8. The van der Waals surface area contributed by atoms with Crippen molar-refractivity contribution in [3.8, 4) is 5.69 Å². The van der Waals surface area contributed by atoms with Crippen LogP contribution >= 0.6 is 0 Å². The van der Waals surface area contributed by atoms with Gasteiger partial charge in [0, 0.05) is 26.3 Å². The molecule has 0 saturated heterocycles. The minimum atomic E-state index is 0.702. The van der Waals surface area contributed by atoms with Crippen molar-refractivity contribution in [3.05, 3.63) is 48.3 Å². The molecule has 0 amide bonds. The van der Waals surface area contributed by atoms with Gasteiger partial charge in [0.15, 0.2) is 5.96 Å². The van der Waals surface area contributed by atoms with Crippen LogP contribution in [0.4, 0.5) is 0 Å². The molecule has 0 bridgehead atoms. The fourth-order valence-electron chi connectivity index (χ4n) is 2.58. The Labute approximate surface area is 145 Å². The number of hydrogen-bond donors (Lipinski definition) is 2. The Hall–Kier alpha value is -2.30. The van der Waals surface area contributed by atoms with Crippen LogP contribution in [-0.4, -0.2) is 35.9 Å². The molecule has 0 saturated carbocycles. The lowest BCUT2D eigenvalue weighted by Gasteiger charge is -2.16. The maximum atomic E-state index is 4.43. The summed E-state index contributed by atoms with van der Waals surface area (Å²) in [5, 5.41) is 11.2. The largest absolute Gasteiger partial charge is 0.356 e. The zero-order valence-electron chi connectivity index (χ0n) is 15.0. The number of guanidine groups is 1. The van der Waals surface area contributed by atoms with Gasteiger partial charge in [-0.25, -0.2) is 4.68 Å². The van der Waals surface area contributed by atoms with E-state index in [1.807, 2.05) is 36.1 Å². The van der Waals surface area contributed by atoms with Gasteiger partial charge in [-0.1, -0.05) is 44.9 Å². The van der Waals surface area contributed by atoms with E-state index >= 15 is 0 Å². The third kappa shape index (κ3) is 5.41. The van der Waals surface area contributed by atoms with Gasteiger partial charge in [0.25, 0.3) is 0 Å². The zero-order valence-corrected chi connectivity index (χ0v) is 15.0. The van der Waals surface area contributed by atoms with Gasteiger partial charge in [0.05, 0.1) is 11.9 Å². The first-order chi connectivity index (χ1) is 11.8. The van der Waals surface area contributed by atoms with E-state index in [2.05, 4.69) is 52.9 Å². The van der Waals surface area contributed by atoms with E-state index in [0.717, 1.165) is 31.2 Å². The highest BCUT2D eigenvalue weighted by Crippen LogP contribution is 2.08. The van der Waals surface area contributed by atoms with Crippen LogP contribution < -0.4 is 10.6 Å². The zero-order chi connectivity index (χ0) is 17.2. The molecule has 0 radical (unpaired) electrons. The summed E-state index contributed by atoms with van der Waals surface area (Å²) in [6.45, 7) is 6.27. The molecular weight excluding hydrogens is 298 g/mol. The van der Waals surface area contributed by atoms with E-state index in [4.69, 9.17) is 0 Å². The van der Waals surface area contributed by atoms with Gasteiger partial charge in [0.1, 0.15) is 0 Å². The summed E-state index contributed by atoms with van der Waals surface area (Å²) in [6.07, 6.45) is 7.31. The summed E-state index contributed by atoms with van der Waals surface area (Å²) in [7, 11) is 1.82. The van der Waals surface area contributed by atoms with Crippen LogP contribution in [0.15, 0.2) is 47.7 Å². The van der Waals surface area contributed by atoms with E-state index in [9.17, 15) is 0 Å². The van der Waals surface area contributed by atoms with Crippen LogP contribution in [0.5, 0.6) is 0 Å². The molecule has 2 aromatic rings. The first kappa shape index (κ1) is 18.0. The van der Waals surface area contributed by atoms with E-state index in [0.29, 0.717) is 5.92 Å². The summed E-state index contributed by atoms with van der Waals surface area (Å²) in [4.78, 5) is 4.29. The molecule has 1 heterocycles. The fourth-order valence-corrected chi connectivity index (χ4v) is 2.58. The molecule has 24 heavy (non-hydrogen) atoms. The molecule has 0 aliphatic heterocycles. The molecule has 5 heteroatoms. The summed E-state index contributed by atoms with van der Waals surface area (Å²) in [5.74, 6) is 1.57. The second-order valence-electron chi connectivity index (χ2n) is 5.94. The number of benzene rings is 1. The number of aliphatic imine (C=N–C) groups is 1. The minimum absolute atomic E-state index is 0.702. The Morgan fingerprint density at radius 1 is 1.17 bits per heavy atom. The lowest BCUT2D eigenvalue weighted by molar-refractivity contribution is 0.481. The van der Waals surface area contributed by atoms with Crippen LogP contribution in [0.1, 0.15) is 32.3 Å². The highest BCUT2D eigenvalue weighted by molar-refractivity contribution is 5.79. The Bertz CT molecular complexity index is 614. The lowest BCUT2D eigenvalue weighted by Crippen LogP contribution is -2.40. The second-order valence-corrected chi connectivity index (χ2v) is 5.94. The third-order valence-corrected chi connectivity index (χ3v) is 4.30. The predicted molar refractivity (Wildman–Crippen MR) is 101 cm³/mol. The van der Waals surface area contributed by atoms with Gasteiger partial charge < -0.3 is 10.6 Å². The highest BCUT2D eigenvalue weighted by atomic mass is 15.3. The Kier molecular flexibility index (Phi) is 7.33. The van der Waals surface area contributed by atoms with Crippen LogP contribution in [-0.2, 0) is 6.42 Å². The topological polar surface area (TPSA) is 54.2 Å². The van der Waals surface area contributed by atoms with Gasteiger partial charge in [-0.05, 0) is 30.0 Å². The number of hydrogen-bond acceptors (Lipinski definition) is 2. The van der Waals surface area contributed by atoms with Crippen LogP contribution in [0.25, 0.3) is 5.69 Å². The maximum absolute atomic E-state index is 4.43. The van der Waals surface area contributed by atoms with Gasteiger partial charge in [-0.2, -0.15) is 5.10 Å². The van der Waals surface area contributed by atoms with Crippen molar-refractivity contribution in [2.45, 2.75) is 33.1 Å². The summed E-state index contributed by atoms with van der Waals surface area (Å²) in [6, 6.07) is 10.2. The molecule has 1 aromatic carbocycles. The molecule has 0 aliphatic rings. The highest BCUT2D eigenvalue weighted by Gasteiger charge is 2.05. The Morgan fingerprint density at radius 2 is 1.92 bits per heavy atom. The monoisotopic (exact) mass is 327 g/mol. The summed E-state index contributed by atoms with van der Waals surface area (Å²) < 4.78 is 1.91. The quantitative estimate of drug-likeness (QED) is 0.579. The molecule has 130 valence electrons. The molecule has 0 spiro atoms. The number of nitrogens with zero attached hydrogens (tertiary/aromatic N) is 3. The smallest absolute Gasteiger partial charge is 0.190 e. The van der Waals surface area contributed by atoms with Gasteiger partial charge in [-0.15, -0.1) is 0 Å². The third-order valence-electron chi connectivity index (χ3n) is 4.30. The van der Waals surface area contributed by atoms with E-state index in [1.54, 1.807) is 0 Å². The molecule has 2 rings (SSSR count). The van der Waals surface area contributed by atoms with E-state index in [1.165, 1.54) is 18.4 Å². The van der Waals surface area contributed by atoms with Crippen LogP contribution in [0.3, 0.4) is 0 Å². The summed E-state index contributed by atoms with van der Waals surface area (Å²) >= 11 is 0. The molecule has 0 atom stereocenters. The molecular formula is C19H29N5. The molecule has 0 fully saturated rings. The molecule has 5 nitrogen and oxygen atoms in total. The number of nitrogens with one attached hydrogen (secondary N) is 2. The van der Waals surface area contributed by atoms with Crippen molar-refractivity contribution in [2.24, 2.45) is 10.9 Å². The molecule has 2 N–H and O–H groups in total.